The van der Waals surface area contributed by atoms with Gasteiger partial charge in [-0.1, -0.05) is 13.8 Å². The summed E-state index contributed by atoms with van der Waals surface area (Å²) in [5, 5.41) is 2.27. The summed E-state index contributed by atoms with van der Waals surface area (Å²) in [6.45, 7) is 6.18. The molecule has 0 saturated carbocycles. The monoisotopic (exact) mass is 399 g/mol. The Bertz CT molecular complexity index is 803. The minimum Gasteiger partial charge on any atom is -0.343 e. The Kier molecular flexibility index (Phi) is 6.94. The van der Waals surface area contributed by atoms with Gasteiger partial charge in [-0.15, -0.1) is 0 Å². The summed E-state index contributed by atoms with van der Waals surface area (Å²) in [6.07, 6.45) is 1.52. The number of nitrogens with one attached hydrogen (secondary N) is 2. The number of amides is 2. The zero-order valence-electron chi connectivity index (χ0n) is 15.8. The lowest BCUT2D eigenvalue weighted by Gasteiger charge is -2.32. The van der Waals surface area contributed by atoms with Gasteiger partial charge in [0.15, 0.2) is 0 Å². The maximum absolute atomic E-state index is 13.7. The lowest BCUT2D eigenvalue weighted by Crippen LogP contribution is -2.46. The van der Waals surface area contributed by atoms with Crippen LogP contribution in [-0.4, -0.2) is 44.3 Å². The van der Waals surface area contributed by atoms with Gasteiger partial charge in [-0.2, -0.15) is 0 Å². The predicted octanol–water partition coefficient (Wildman–Crippen LogP) is 2.10. The average molecular weight is 399 g/mol. The number of piperidine rings is 1. The van der Waals surface area contributed by atoms with Gasteiger partial charge in [0.05, 0.1) is 10.6 Å². The van der Waals surface area contributed by atoms with Crippen LogP contribution >= 0.6 is 0 Å². The average Bonchev–Trinajstić information content (AvgIpc) is 2.56. The first kappa shape index (κ1) is 21.3. The van der Waals surface area contributed by atoms with Gasteiger partial charge in [0.25, 0.3) is 0 Å². The van der Waals surface area contributed by atoms with Crippen LogP contribution in [0.1, 0.15) is 40.0 Å². The van der Waals surface area contributed by atoms with Crippen LogP contribution in [0.3, 0.4) is 0 Å². The Morgan fingerprint density at radius 2 is 1.89 bits per heavy atom. The highest BCUT2D eigenvalue weighted by Gasteiger charge is 2.27. The van der Waals surface area contributed by atoms with E-state index in [-0.39, 0.29) is 28.4 Å². The van der Waals surface area contributed by atoms with Crippen LogP contribution in [0.25, 0.3) is 0 Å². The van der Waals surface area contributed by atoms with E-state index in [1.54, 1.807) is 4.90 Å². The number of nitrogens with zero attached hydrogens (tertiary/aromatic N) is 1. The normalized spacial score (nSPS) is 15.8. The molecule has 1 aromatic rings. The molecule has 9 heteroatoms. The maximum Gasteiger partial charge on any atom is 0.240 e. The van der Waals surface area contributed by atoms with Crippen LogP contribution in [-0.2, 0) is 19.6 Å². The fraction of sp³-hybridized carbons (Fsp3) is 0.556. The third-order valence-electron chi connectivity index (χ3n) is 4.31. The fourth-order valence-corrected chi connectivity index (χ4v) is 4.30. The molecule has 1 aliphatic rings. The van der Waals surface area contributed by atoms with E-state index in [4.69, 9.17) is 0 Å². The molecule has 1 aliphatic heterocycles. The molecule has 0 spiro atoms. The summed E-state index contributed by atoms with van der Waals surface area (Å²) in [5.41, 5.74) is -0.181. The Labute approximate surface area is 159 Å². The van der Waals surface area contributed by atoms with Crippen molar-refractivity contribution < 1.29 is 22.4 Å². The number of hydrogen-bond donors (Lipinski definition) is 2. The zero-order chi connectivity index (χ0) is 20.2. The van der Waals surface area contributed by atoms with Gasteiger partial charge in [-0.3, -0.25) is 9.59 Å². The highest BCUT2D eigenvalue weighted by Crippen LogP contribution is 2.21. The topological polar surface area (TPSA) is 95.6 Å². The molecular formula is C18H26FN3O4S. The van der Waals surface area contributed by atoms with Crippen molar-refractivity contribution in [2.75, 3.05) is 18.4 Å². The third kappa shape index (κ3) is 6.00. The number of benzene rings is 1. The molecule has 1 fully saturated rings. The molecule has 1 aromatic carbocycles. The Morgan fingerprint density at radius 1 is 1.26 bits per heavy atom. The van der Waals surface area contributed by atoms with E-state index in [9.17, 15) is 22.4 Å². The van der Waals surface area contributed by atoms with E-state index in [1.165, 1.54) is 6.92 Å². The lowest BCUT2D eigenvalue weighted by molar-refractivity contribution is -0.133. The second kappa shape index (κ2) is 8.79. The maximum atomic E-state index is 13.7. The predicted molar refractivity (Wildman–Crippen MR) is 100 cm³/mol. The number of halogens is 1. The number of anilines is 1. The van der Waals surface area contributed by atoms with Gasteiger partial charge in [-0.25, -0.2) is 17.5 Å². The minimum absolute atomic E-state index is 0.0878. The molecule has 27 heavy (non-hydrogen) atoms. The number of hydrogen-bond acceptors (Lipinski definition) is 4. The van der Waals surface area contributed by atoms with Gasteiger partial charge in [0, 0.05) is 32.5 Å². The smallest absolute Gasteiger partial charge is 0.240 e. The summed E-state index contributed by atoms with van der Waals surface area (Å²) in [4.78, 5) is 24.9. The molecule has 2 N–H and O–H groups in total. The molecule has 0 radical (unpaired) electrons. The summed E-state index contributed by atoms with van der Waals surface area (Å²) in [5.74, 6) is -0.828. The Hall–Kier alpha value is -2.00. The number of carbonyl (C=O) groups is 2. The lowest BCUT2D eigenvalue weighted by atomic mass is 10.0. The summed E-state index contributed by atoms with van der Waals surface area (Å²) in [7, 11) is -3.86. The van der Waals surface area contributed by atoms with Crippen LogP contribution < -0.4 is 10.0 Å². The summed E-state index contributed by atoms with van der Waals surface area (Å²) < 4.78 is 41.5. The van der Waals surface area contributed by atoms with Crippen molar-refractivity contribution in [2.45, 2.75) is 51.0 Å². The van der Waals surface area contributed by atoms with Gasteiger partial charge in [-0.05, 0) is 37.0 Å². The SMILES string of the molecule is CC(=O)Nc1cc(S(=O)(=O)NC2CCN(C(=O)CC(C)C)CC2)ccc1F. The largest absolute Gasteiger partial charge is 0.343 e. The van der Waals surface area contributed by atoms with Crippen molar-refractivity contribution in [1.82, 2.24) is 9.62 Å². The molecule has 150 valence electrons. The Morgan fingerprint density at radius 3 is 2.44 bits per heavy atom. The van der Waals surface area contributed by atoms with Crippen molar-refractivity contribution in [1.29, 1.82) is 0 Å². The summed E-state index contributed by atoms with van der Waals surface area (Å²) >= 11 is 0. The first-order valence-corrected chi connectivity index (χ1v) is 10.4. The van der Waals surface area contributed by atoms with Crippen molar-refractivity contribution in [3.05, 3.63) is 24.0 Å². The van der Waals surface area contributed by atoms with Crippen LogP contribution in [0.4, 0.5) is 10.1 Å². The standard InChI is InChI=1S/C18H26FN3O4S/c1-12(2)10-18(24)22-8-6-14(7-9-22)21-27(25,26)15-4-5-16(19)17(11-15)20-13(3)23/h4-5,11-12,14,21H,6-10H2,1-3H3,(H,20,23). The van der Waals surface area contributed by atoms with Crippen molar-refractivity contribution in [3.63, 3.8) is 0 Å². The highest BCUT2D eigenvalue weighted by atomic mass is 32.2. The van der Waals surface area contributed by atoms with E-state index in [0.717, 1.165) is 18.2 Å². The number of likely N-dealkylation sites (tertiary alicyclic amines) is 1. The van der Waals surface area contributed by atoms with Crippen LogP contribution in [0.5, 0.6) is 0 Å². The zero-order valence-corrected chi connectivity index (χ0v) is 16.6. The van der Waals surface area contributed by atoms with Gasteiger partial charge in [0.2, 0.25) is 21.8 Å². The molecule has 1 heterocycles. The molecule has 0 aromatic heterocycles. The summed E-state index contributed by atoms with van der Waals surface area (Å²) in [6, 6.07) is 2.96. The van der Waals surface area contributed by atoms with Crippen LogP contribution in [0.2, 0.25) is 0 Å². The third-order valence-corrected chi connectivity index (χ3v) is 5.83. The van der Waals surface area contributed by atoms with E-state index in [1.807, 2.05) is 13.8 Å². The number of carbonyl (C=O) groups excluding carboxylic acids is 2. The molecule has 0 bridgehead atoms. The molecule has 2 rings (SSSR count). The van der Waals surface area contributed by atoms with Crippen LogP contribution in [0.15, 0.2) is 23.1 Å². The quantitative estimate of drug-likeness (QED) is 0.766. The van der Waals surface area contributed by atoms with E-state index in [0.29, 0.717) is 32.4 Å². The van der Waals surface area contributed by atoms with Crippen molar-refractivity contribution in [2.24, 2.45) is 5.92 Å². The van der Waals surface area contributed by atoms with Gasteiger partial charge >= 0.3 is 0 Å². The molecule has 0 atom stereocenters. The van der Waals surface area contributed by atoms with Gasteiger partial charge < -0.3 is 10.2 Å². The first-order chi connectivity index (χ1) is 12.6. The van der Waals surface area contributed by atoms with Crippen molar-refractivity contribution in [3.8, 4) is 0 Å². The molecule has 7 nitrogen and oxygen atoms in total. The molecular weight excluding hydrogens is 373 g/mol. The molecule has 2 amide bonds. The van der Waals surface area contributed by atoms with E-state index >= 15 is 0 Å². The molecule has 1 saturated heterocycles. The van der Waals surface area contributed by atoms with E-state index in [2.05, 4.69) is 10.0 Å². The molecule has 0 aliphatic carbocycles. The number of rotatable bonds is 6. The highest BCUT2D eigenvalue weighted by molar-refractivity contribution is 7.89. The van der Waals surface area contributed by atoms with Crippen LogP contribution in [0, 0.1) is 11.7 Å². The van der Waals surface area contributed by atoms with Gasteiger partial charge in [0.1, 0.15) is 5.82 Å². The second-order valence-corrected chi connectivity index (χ2v) is 8.91. The second-order valence-electron chi connectivity index (χ2n) is 7.20. The van der Waals surface area contributed by atoms with E-state index < -0.39 is 21.7 Å². The number of sulfonamides is 1. The molecule has 0 unspecified atom stereocenters. The first-order valence-electron chi connectivity index (χ1n) is 8.95. The Balaban J connectivity index is 2.01. The fourth-order valence-electron chi connectivity index (χ4n) is 2.97. The minimum atomic E-state index is -3.86. The van der Waals surface area contributed by atoms with Crippen molar-refractivity contribution >= 4 is 27.5 Å².